The maximum atomic E-state index is 11.1. The fourth-order valence-corrected chi connectivity index (χ4v) is 2.20. The lowest BCUT2D eigenvalue weighted by atomic mass is 10.0. The number of hydrogen-bond acceptors (Lipinski definition) is 4. The first-order valence-corrected chi connectivity index (χ1v) is 6.49. The number of aromatic nitrogens is 3. The quantitative estimate of drug-likeness (QED) is 0.567. The summed E-state index contributed by atoms with van der Waals surface area (Å²) >= 11 is 0. The second-order valence-electron chi connectivity index (χ2n) is 4.62. The standard InChI is InChI=1S/C16H11N5O/c17-8-12(15(18)22)7-10-2-1-3-11(6-10)14-13-4-5-19-16(13)21-9-20-14/h1-7,9H,(H2,18,22)(H,19,20,21)/b12-7-. The van der Waals surface area contributed by atoms with Gasteiger partial charge in [-0.15, -0.1) is 0 Å². The molecule has 0 atom stereocenters. The average Bonchev–Trinajstić information content (AvgIpc) is 3.01. The Bertz CT molecular complexity index is 933. The monoisotopic (exact) mass is 289 g/mol. The smallest absolute Gasteiger partial charge is 0.259 e. The minimum absolute atomic E-state index is 0.0911. The molecule has 0 bridgehead atoms. The molecule has 0 aliphatic carbocycles. The normalized spacial score (nSPS) is 11.3. The Hall–Kier alpha value is -3.46. The van der Waals surface area contributed by atoms with Crippen molar-refractivity contribution in [2.45, 2.75) is 0 Å². The number of nitrogens with two attached hydrogens (primary N) is 1. The highest BCUT2D eigenvalue weighted by atomic mass is 16.1. The molecular formula is C16H11N5O. The largest absolute Gasteiger partial charge is 0.365 e. The van der Waals surface area contributed by atoms with Crippen LogP contribution in [0.1, 0.15) is 5.56 Å². The Balaban J connectivity index is 2.11. The van der Waals surface area contributed by atoms with E-state index < -0.39 is 5.91 Å². The van der Waals surface area contributed by atoms with Gasteiger partial charge >= 0.3 is 0 Å². The van der Waals surface area contributed by atoms with Gasteiger partial charge in [-0.1, -0.05) is 18.2 Å². The van der Waals surface area contributed by atoms with Crippen molar-refractivity contribution in [1.29, 1.82) is 5.26 Å². The zero-order valence-electron chi connectivity index (χ0n) is 11.4. The van der Waals surface area contributed by atoms with E-state index in [1.54, 1.807) is 18.3 Å². The molecule has 22 heavy (non-hydrogen) atoms. The summed E-state index contributed by atoms with van der Waals surface area (Å²) in [7, 11) is 0. The predicted molar refractivity (Wildman–Crippen MR) is 82.1 cm³/mol. The van der Waals surface area contributed by atoms with E-state index in [2.05, 4.69) is 15.0 Å². The first-order chi connectivity index (χ1) is 10.7. The molecule has 0 spiro atoms. The van der Waals surface area contributed by atoms with Gasteiger partial charge in [0.05, 0.1) is 5.69 Å². The van der Waals surface area contributed by atoms with Crippen LogP contribution in [0.25, 0.3) is 28.4 Å². The number of benzene rings is 1. The topological polar surface area (TPSA) is 108 Å². The molecular weight excluding hydrogens is 278 g/mol. The van der Waals surface area contributed by atoms with Gasteiger partial charge in [-0.25, -0.2) is 9.97 Å². The predicted octanol–water partition coefficient (Wildman–Crippen LogP) is 2.02. The number of primary amides is 1. The maximum Gasteiger partial charge on any atom is 0.259 e. The van der Waals surface area contributed by atoms with Crippen molar-refractivity contribution in [3.63, 3.8) is 0 Å². The number of nitrogens with one attached hydrogen (secondary N) is 1. The average molecular weight is 289 g/mol. The number of aromatic amines is 1. The van der Waals surface area contributed by atoms with Crippen LogP contribution in [0.3, 0.4) is 0 Å². The lowest BCUT2D eigenvalue weighted by molar-refractivity contribution is -0.114. The zero-order valence-corrected chi connectivity index (χ0v) is 11.4. The molecule has 6 nitrogen and oxygen atoms in total. The molecule has 1 amide bonds. The number of hydrogen-bond donors (Lipinski definition) is 2. The molecule has 6 heteroatoms. The van der Waals surface area contributed by atoms with Crippen LogP contribution in [0.4, 0.5) is 0 Å². The molecule has 3 N–H and O–H groups in total. The first-order valence-electron chi connectivity index (χ1n) is 6.49. The third kappa shape index (κ3) is 2.43. The summed E-state index contributed by atoms with van der Waals surface area (Å²) in [6, 6.07) is 11.1. The van der Waals surface area contributed by atoms with Crippen LogP contribution in [-0.4, -0.2) is 20.9 Å². The Morgan fingerprint density at radius 2 is 2.18 bits per heavy atom. The second kappa shape index (κ2) is 5.50. The van der Waals surface area contributed by atoms with Crippen LogP contribution in [0, 0.1) is 11.3 Å². The van der Waals surface area contributed by atoms with Gasteiger partial charge in [0, 0.05) is 17.1 Å². The van der Waals surface area contributed by atoms with Crippen LogP contribution >= 0.6 is 0 Å². The molecule has 0 saturated carbocycles. The molecule has 2 aromatic heterocycles. The molecule has 0 fully saturated rings. The van der Waals surface area contributed by atoms with Crippen LogP contribution in [0.2, 0.25) is 0 Å². The van der Waals surface area contributed by atoms with E-state index in [4.69, 9.17) is 11.0 Å². The molecule has 0 saturated heterocycles. The summed E-state index contributed by atoms with van der Waals surface area (Å²) in [5.41, 5.74) is 8.15. The Morgan fingerprint density at radius 3 is 2.95 bits per heavy atom. The molecule has 0 radical (unpaired) electrons. The van der Waals surface area contributed by atoms with E-state index >= 15 is 0 Å². The number of amides is 1. The van der Waals surface area contributed by atoms with Crippen molar-refractivity contribution in [3.8, 4) is 17.3 Å². The minimum Gasteiger partial charge on any atom is -0.365 e. The molecule has 106 valence electrons. The fraction of sp³-hybridized carbons (Fsp3) is 0. The molecule has 2 heterocycles. The van der Waals surface area contributed by atoms with Crippen LogP contribution in [0.5, 0.6) is 0 Å². The maximum absolute atomic E-state index is 11.1. The number of carbonyl (C=O) groups is 1. The molecule has 3 aromatic rings. The van der Waals surface area contributed by atoms with Crippen LogP contribution < -0.4 is 5.73 Å². The Kier molecular flexibility index (Phi) is 3.38. The van der Waals surface area contributed by atoms with E-state index in [9.17, 15) is 4.79 Å². The summed E-state index contributed by atoms with van der Waals surface area (Å²) in [5, 5.41) is 9.82. The van der Waals surface area contributed by atoms with Gasteiger partial charge in [0.25, 0.3) is 5.91 Å². The molecule has 3 rings (SSSR count). The van der Waals surface area contributed by atoms with E-state index in [1.807, 2.05) is 24.3 Å². The summed E-state index contributed by atoms with van der Waals surface area (Å²) in [6.45, 7) is 0. The van der Waals surface area contributed by atoms with E-state index in [0.717, 1.165) is 22.3 Å². The van der Waals surface area contributed by atoms with Gasteiger partial charge in [0.1, 0.15) is 23.6 Å². The Morgan fingerprint density at radius 1 is 1.32 bits per heavy atom. The summed E-state index contributed by atoms with van der Waals surface area (Å²) in [4.78, 5) is 22.6. The number of H-pyrrole nitrogens is 1. The van der Waals surface area contributed by atoms with E-state index in [1.165, 1.54) is 12.4 Å². The van der Waals surface area contributed by atoms with E-state index in [-0.39, 0.29) is 5.57 Å². The fourth-order valence-electron chi connectivity index (χ4n) is 2.20. The SMILES string of the molecule is N#C/C(=C/c1cccc(-c2ncnc3[nH]ccc23)c1)C(N)=O. The molecule has 0 aliphatic rings. The zero-order chi connectivity index (χ0) is 15.5. The summed E-state index contributed by atoms with van der Waals surface area (Å²) in [6.07, 6.45) is 4.75. The highest BCUT2D eigenvalue weighted by Gasteiger charge is 2.08. The number of nitrogens with zero attached hydrogens (tertiary/aromatic N) is 3. The lowest BCUT2D eigenvalue weighted by Gasteiger charge is -2.04. The number of carbonyl (C=O) groups excluding carboxylic acids is 1. The van der Waals surface area contributed by atoms with Gasteiger partial charge in [-0.3, -0.25) is 4.79 Å². The van der Waals surface area contributed by atoms with Crippen molar-refractivity contribution in [3.05, 3.63) is 54.0 Å². The van der Waals surface area contributed by atoms with E-state index in [0.29, 0.717) is 5.56 Å². The Labute approximate surface area is 125 Å². The third-order valence-electron chi connectivity index (χ3n) is 3.21. The second-order valence-corrected chi connectivity index (χ2v) is 4.62. The van der Waals surface area contributed by atoms with Crippen LogP contribution in [0.15, 0.2) is 48.4 Å². The lowest BCUT2D eigenvalue weighted by Crippen LogP contribution is -2.12. The number of rotatable bonds is 3. The summed E-state index contributed by atoms with van der Waals surface area (Å²) in [5.74, 6) is -0.747. The van der Waals surface area contributed by atoms with Gasteiger partial charge in [0.2, 0.25) is 0 Å². The minimum atomic E-state index is -0.747. The van der Waals surface area contributed by atoms with Gasteiger partial charge < -0.3 is 10.7 Å². The van der Waals surface area contributed by atoms with Crippen molar-refractivity contribution in [1.82, 2.24) is 15.0 Å². The summed E-state index contributed by atoms with van der Waals surface area (Å²) < 4.78 is 0. The van der Waals surface area contributed by atoms with Crippen molar-refractivity contribution < 1.29 is 4.79 Å². The van der Waals surface area contributed by atoms with Gasteiger partial charge in [0.15, 0.2) is 0 Å². The highest BCUT2D eigenvalue weighted by Crippen LogP contribution is 2.25. The van der Waals surface area contributed by atoms with Crippen molar-refractivity contribution in [2.24, 2.45) is 5.73 Å². The highest BCUT2D eigenvalue weighted by molar-refractivity contribution is 6.00. The van der Waals surface area contributed by atoms with Crippen LogP contribution in [-0.2, 0) is 4.79 Å². The van der Waals surface area contributed by atoms with Gasteiger partial charge in [-0.2, -0.15) is 5.26 Å². The van der Waals surface area contributed by atoms with Crippen molar-refractivity contribution in [2.75, 3.05) is 0 Å². The molecule has 1 aromatic carbocycles. The third-order valence-corrected chi connectivity index (χ3v) is 3.21. The molecule has 0 unspecified atom stereocenters. The first kappa shape index (κ1) is 13.5. The number of fused-ring (bicyclic) bond motifs is 1. The molecule has 0 aliphatic heterocycles. The number of nitriles is 1. The van der Waals surface area contributed by atoms with Crippen molar-refractivity contribution >= 4 is 23.0 Å². The van der Waals surface area contributed by atoms with Gasteiger partial charge in [-0.05, 0) is 23.8 Å².